The Labute approximate surface area is 99.7 Å². The molecular formula is C11H13N3OS. The highest BCUT2D eigenvalue weighted by atomic mass is 32.1. The molecule has 0 saturated heterocycles. The molecule has 0 spiro atoms. The Hall–Kier alpha value is -1.49. The molecule has 0 bridgehead atoms. The van der Waals surface area contributed by atoms with Crippen molar-refractivity contribution in [2.24, 2.45) is 7.05 Å². The van der Waals surface area contributed by atoms with Gasteiger partial charge >= 0.3 is 0 Å². The van der Waals surface area contributed by atoms with Crippen LogP contribution in [0.5, 0.6) is 5.75 Å². The minimum atomic E-state index is 0.398. The molecule has 5 heteroatoms. The Kier molecular flexibility index (Phi) is 3.14. The van der Waals surface area contributed by atoms with Crippen LogP contribution in [-0.4, -0.2) is 14.8 Å². The van der Waals surface area contributed by atoms with Gasteiger partial charge in [-0.2, -0.15) is 0 Å². The first-order chi connectivity index (χ1) is 7.68. The summed E-state index contributed by atoms with van der Waals surface area (Å²) >= 11 is 4.15. The Morgan fingerprint density at radius 2 is 2.06 bits per heavy atom. The van der Waals surface area contributed by atoms with Gasteiger partial charge in [-0.1, -0.05) is 18.2 Å². The van der Waals surface area contributed by atoms with Gasteiger partial charge in [0.25, 0.3) is 0 Å². The lowest BCUT2D eigenvalue weighted by Gasteiger charge is -2.07. The molecule has 1 aromatic carbocycles. The van der Waals surface area contributed by atoms with E-state index in [0.717, 1.165) is 17.1 Å². The van der Waals surface area contributed by atoms with Crippen molar-refractivity contribution in [1.82, 2.24) is 14.8 Å². The summed E-state index contributed by atoms with van der Waals surface area (Å²) < 4.78 is 7.45. The first-order valence-electron chi connectivity index (χ1n) is 4.94. The maximum absolute atomic E-state index is 5.66. The van der Waals surface area contributed by atoms with Gasteiger partial charge in [-0.3, -0.25) is 0 Å². The van der Waals surface area contributed by atoms with Crippen LogP contribution in [0.15, 0.2) is 29.4 Å². The van der Waals surface area contributed by atoms with Gasteiger partial charge in [-0.05, 0) is 18.6 Å². The van der Waals surface area contributed by atoms with Crippen molar-refractivity contribution in [3.05, 3.63) is 35.7 Å². The highest BCUT2D eigenvalue weighted by molar-refractivity contribution is 7.80. The van der Waals surface area contributed by atoms with Crippen molar-refractivity contribution >= 4 is 12.6 Å². The second-order valence-corrected chi connectivity index (χ2v) is 3.93. The predicted octanol–water partition coefficient (Wildman–Crippen LogP) is 1.99. The fraction of sp³-hybridized carbons (Fsp3) is 0.273. The van der Waals surface area contributed by atoms with Crippen LogP contribution >= 0.6 is 12.6 Å². The topological polar surface area (TPSA) is 39.9 Å². The first-order valence-corrected chi connectivity index (χ1v) is 5.39. The molecule has 1 aromatic heterocycles. The van der Waals surface area contributed by atoms with E-state index < -0.39 is 0 Å². The van der Waals surface area contributed by atoms with E-state index in [1.807, 2.05) is 38.2 Å². The van der Waals surface area contributed by atoms with Crippen LogP contribution in [0.3, 0.4) is 0 Å². The minimum Gasteiger partial charge on any atom is -0.485 e. The fourth-order valence-electron chi connectivity index (χ4n) is 1.34. The lowest BCUT2D eigenvalue weighted by Crippen LogP contribution is -2.04. The van der Waals surface area contributed by atoms with Crippen molar-refractivity contribution in [3.63, 3.8) is 0 Å². The quantitative estimate of drug-likeness (QED) is 0.827. The van der Waals surface area contributed by atoms with E-state index in [0.29, 0.717) is 11.8 Å². The third kappa shape index (κ3) is 2.19. The minimum absolute atomic E-state index is 0.398. The lowest BCUT2D eigenvalue weighted by molar-refractivity contribution is 0.288. The molecule has 0 unspecified atom stereocenters. The molecule has 0 atom stereocenters. The standard InChI is InChI=1S/C11H13N3OS/c1-8-5-3-4-6-9(8)15-7-10-12-13-11(16)14(10)2/h3-6H,7H2,1-2H3,(H,13,16). The van der Waals surface area contributed by atoms with Crippen LogP contribution < -0.4 is 4.74 Å². The smallest absolute Gasteiger partial charge is 0.187 e. The molecule has 1 heterocycles. The average molecular weight is 235 g/mol. The molecule has 0 fully saturated rings. The van der Waals surface area contributed by atoms with Gasteiger partial charge in [0, 0.05) is 7.05 Å². The van der Waals surface area contributed by atoms with E-state index in [9.17, 15) is 0 Å². The Morgan fingerprint density at radius 1 is 1.31 bits per heavy atom. The lowest BCUT2D eigenvalue weighted by atomic mass is 10.2. The summed E-state index contributed by atoms with van der Waals surface area (Å²) in [7, 11) is 1.86. The molecule has 2 rings (SSSR count). The molecule has 84 valence electrons. The van der Waals surface area contributed by atoms with Crippen LogP contribution in [0.1, 0.15) is 11.4 Å². The Balaban J connectivity index is 2.08. The molecule has 0 saturated carbocycles. The van der Waals surface area contributed by atoms with Crippen LogP contribution in [0.2, 0.25) is 0 Å². The maximum Gasteiger partial charge on any atom is 0.187 e. The average Bonchev–Trinajstić information content (AvgIpc) is 2.59. The molecule has 2 aromatic rings. The monoisotopic (exact) mass is 235 g/mol. The van der Waals surface area contributed by atoms with Crippen molar-refractivity contribution < 1.29 is 4.74 Å². The molecule has 4 nitrogen and oxygen atoms in total. The maximum atomic E-state index is 5.66. The van der Waals surface area contributed by atoms with E-state index in [-0.39, 0.29) is 0 Å². The van der Waals surface area contributed by atoms with Gasteiger partial charge in [0.1, 0.15) is 12.4 Å². The third-order valence-electron chi connectivity index (χ3n) is 2.39. The van der Waals surface area contributed by atoms with Gasteiger partial charge in [0.2, 0.25) is 0 Å². The number of aryl methyl sites for hydroxylation is 1. The number of rotatable bonds is 3. The Bertz CT molecular complexity index is 496. The zero-order valence-electron chi connectivity index (χ0n) is 9.21. The molecule has 0 aliphatic rings. The van der Waals surface area contributed by atoms with Gasteiger partial charge in [-0.25, -0.2) is 0 Å². The summed E-state index contributed by atoms with van der Waals surface area (Å²) in [6.07, 6.45) is 0. The summed E-state index contributed by atoms with van der Waals surface area (Å²) in [5.74, 6) is 1.62. The van der Waals surface area contributed by atoms with Gasteiger partial charge in [0.05, 0.1) is 0 Å². The van der Waals surface area contributed by atoms with E-state index in [1.54, 1.807) is 4.57 Å². The van der Waals surface area contributed by atoms with Crippen molar-refractivity contribution in [3.8, 4) is 5.75 Å². The normalized spacial score (nSPS) is 10.4. The second-order valence-electron chi connectivity index (χ2n) is 3.53. The van der Waals surface area contributed by atoms with Crippen molar-refractivity contribution in [1.29, 1.82) is 0 Å². The molecule has 0 radical (unpaired) electrons. The number of nitrogens with zero attached hydrogens (tertiary/aromatic N) is 3. The summed E-state index contributed by atoms with van der Waals surface area (Å²) in [5.41, 5.74) is 1.11. The van der Waals surface area contributed by atoms with Gasteiger partial charge in [-0.15, -0.1) is 22.8 Å². The number of benzene rings is 1. The molecule has 0 amide bonds. The van der Waals surface area contributed by atoms with Crippen molar-refractivity contribution in [2.75, 3.05) is 0 Å². The van der Waals surface area contributed by atoms with E-state index in [2.05, 4.69) is 22.8 Å². The number of thiol groups is 1. The second kappa shape index (κ2) is 4.57. The van der Waals surface area contributed by atoms with E-state index >= 15 is 0 Å². The number of hydrogen-bond donors (Lipinski definition) is 1. The summed E-state index contributed by atoms with van der Waals surface area (Å²) in [5, 5.41) is 8.41. The zero-order valence-corrected chi connectivity index (χ0v) is 10.1. The highest BCUT2D eigenvalue weighted by Crippen LogP contribution is 2.17. The number of ether oxygens (including phenoxy) is 1. The van der Waals surface area contributed by atoms with E-state index in [4.69, 9.17) is 4.74 Å². The fourth-order valence-corrected chi connectivity index (χ4v) is 1.50. The van der Waals surface area contributed by atoms with Crippen LogP contribution in [-0.2, 0) is 13.7 Å². The number of para-hydroxylation sites is 1. The molecular weight excluding hydrogens is 222 g/mol. The van der Waals surface area contributed by atoms with Crippen molar-refractivity contribution in [2.45, 2.75) is 18.7 Å². The molecule has 0 aliphatic carbocycles. The van der Waals surface area contributed by atoms with Crippen LogP contribution in [0.4, 0.5) is 0 Å². The molecule has 0 N–H and O–H groups in total. The highest BCUT2D eigenvalue weighted by Gasteiger charge is 2.06. The predicted molar refractivity (Wildman–Crippen MR) is 63.8 cm³/mol. The number of hydrogen-bond acceptors (Lipinski definition) is 4. The Morgan fingerprint density at radius 3 is 2.69 bits per heavy atom. The number of aromatic nitrogens is 3. The largest absolute Gasteiger partial charge is 0.485 e. The summed E-state index contributed by atoms with van der Waals surface area (Å²) in [4.78, 5) is 0. The van der Waals surface area contributed by atoms with Crippen LogP contribution in [0.25, 0.3) is 0 Å². The first kappa shape index (κ1) is 11.0. The van der Waals surface area contributed by atoms with E-state index in [1.165, 1.54) is 0 Å². The molecule has 16 heavy (non-hydrogen) atoms. The van der Waals surface area contributed by atoms with Gasteiger partial charge < -0.3 is 9.30 Å². The SMILES string of the molecule is Cc1ccccc1OCc1nnc(S)n1C. The summed E-state index contributed by atoms with van der Waals surface area (Å²) in [6.45, 7) is 2.41. The van der Waals surface area contributed by atoms with Gasteiger partial charge in [0.15, 0.2) is 11.0 Å². The third-order valence-corrected chi connectivity index (χ3v) is 2.78. The summed E-state index contributed by atoms with van der Waals surface area (Å²) in [6, 6.07) is 7.88. The van der Waals surface area contributed by atoms with Crippen LogP contribution in [0, 0.1) is 6.92 Å². The zero-order chi connectivity index (χ0) is 11.5. The molecule has 0 aliphatic heterocycles.